The van der Waals surface area contributed by atoms with Crippen LogP contribution >= 0.6 is 0 Å². The van der Waals surface area contributed by atoms with Crippen molar-refractivity contribution in [2.24, 2.45) is 5.73 Å². The van der Waals surface area contributed by atoms with Gasteiger partial charge < -0.3 is 11.1 Å². The molecule has 0 aliphatic carbocycles. The fourth-order valence-corrected chi connectivity index (χ4v) is 2.07. The number of primary amides is 1. The molecule has 0 aliphatic rings. The summed E-state index contributed by atoms with van der Waals surface area (Å²) in [7, 11) is -4.91. The van der Waals surface area contributed by atoms with Crippen molar-refractivity contribution in [3.05, 3.63) is 36.0 Å². The van der Waals surface area contributed by atoms with Gasteiger partial charge in [0.25, 0.3) is 5.91 Å². The van der Waals surface area contributed by atoms with Gasteiger partial charge in [0, 0.05) is 17.2 Å². The van der Waals surface area contributed by atoms with E-state index in [0.29, 0.717) is 12.8 Å². The van der Waals surface area contributed by atoms with Crippen LogP contribution in [0.2, 0.25) is 0 Å². The van der Waals surface area contributed by atoms with E-state index >= 15 is 0 Å². The largest absolute Gasteiger partial charge is 0.366 e. The van der Waals surface area contributed by atoms with Crippen molar-refractivity contribution in [1.82, 2.24) is 5.32 Å². The van der Waals surface area contributed by atoms with Crippen molar-refractivity contribution in [2.75, 3.05) is 0 Å². The van der Waals surface area contributed by atoms with Crippen LogP contribution in [0.3, 0.4) is 0 Å². The highest BCUT2D eigenvalue weighted by Gasteiger charge is 2.28. The number of nitrogens with one attached hydrogen (secondary N) is 1. The summed E-state index contributed by atoms with van der Waals surface area (Å²) in [6.07, 6.45) is 4.38. The summed E-state index contributed by atoms with van der Waals surface area (Å²) in [5.41, 5.74) is 4.52. The van der Waals surface area contributed by atoms with Crippen LogP contribution in [0.5, 0.6) is 0 Å². The van der Waals surface area contributed by atoms with Crippen LogP contribution in [0, 0.1) is 0 Å². The number of nitrogens with two attached hydrogens (primary N) is 1. The monoisotopic (exact) mass is 344 g/mol. The number of carbonyl (C=O) groups is 3. The SMILES string of the molecule is C=C(C=CC(N)=O)C(=O)NC(C)C(=CCCC)C(=O)S(=O)(=O)O. The smallest absolute Gasteiger partial charge is 0.333 e. The Kier molecular flexibility index (Phi) is 8.12. The molecule has 0 aromatic heterocycles. The minimum Gasteiger partial charge on any atom is -0.366 e. The summed E-state index contributed by atoms with van der Waals surface area (Å²) >= 11 is 0. The summed E-state index contributed by atoms with van der Waals surface area (Å²) in [6.45, 7) is 6.61. The first-order valence-electron chi connectivity index (χ1n) is 6.69. The van der Waals surface area contributed by atoms with E-state index in [1.54, 1.807) is 0 Å². The maximum absolute atomic E-state index is 11.9. The molecule has 0 spiro atoms. The van der Waals surface area contributed by atoms with Crippen LogP contribution in [-0.2, 0) is 24.5 Å². The molecule has 0 aromatic rings. The van der Waals surface area contributed by atoms with E-state index in [1.165, 1.54) is 13.0 Å². The van der Waals surface area contributed by atoms with Crippen molar-refractivity contribution in [3.63, 3.8) is 0 Å². The second-order valence-electron chi connectivity index (χ2n) is 4.67. The molecule has 0 saturated heterocycles. The lowest BCUT2D eigenvalue weighted by Crippen LogP contribution is -2.38. The topological polar surface area (TPSA) is 144 Å². The second kappa shape index (κ2) is 9.01. The zero-order valence-electron chi connectivity index (χ0n) is 12.9. The average Bonchev–Trinajstić information content (AvgIpc) is 2.43. The summed E-state index contributed by atoms with van der Waals surface area (Å²) in [6, 6.07) is -0.984. The van der Waals surface area contributed by atoms with E-state index in [2.05, 4.69) is 11.9 Å². The number of amides is 2. The highest BCUT2D eigenvalue weighted by Crippen LogP contribution is 2.11. The zero-order chi connectivity index (χ0) is 18.2. The lowest BCUT2D eigenvalue weighted by molar-refractivity contribution is -0.117. The molecule has 0 aromatic carbocycles. The lowest BCUT2D eigenvalue weighted by Gasteiger charge is -2.16. The standard InChI is InChI=1S/C14H20N2O6S/c1-4-5-6-11(14(19)23(20,21)22)10(3)16-13(18)9(2)7-8-12(15)17/h6-8,10H,2,4-5H2,1,3H3,(H2,15,17)(H,16,18)(H,20,21,22). The third-order valence-electron chi connectivity index (χ3n) is 2.68. The van der Waals surface area contributed by atoms with Crippen molar-refractivity contribution < 1.29 is 27.4 Å². The molecule has 0 heterocycles. The Morgan fingerprint density at radius 3 is 2.30 bits per heavy atom. The molecule has 23 heavy (non-hydrogen) atoms. The molecule has 0 saturated carbocycles. The Morgan fingerprint density at radius 2 is 1.87 bits per heavy atom. The van der Waals surface area contributed by atoms with Crippen LogP contribution in [-0.4, -0.2) is 35.9 Å². The fraction of sp³-hybridized carbons (Fsp3) is 0.357. The third-order valence-corrected chi connectivity index (χ3v) is 3.38. The van der Waals surface area contributed by atoms with E-state index in [-0.39, 0.29) is 11.1 Å². The van der Waals surface area contributed by atoms with Gasteiger partial charge >= 0.3 is 15.2 Å². The van der Waals surface area contributed by atoms with E-state index < -0.39 is 33.1 Å². The predicted octanol–water partition coefficient (Wildman–Crippen LogP) is 0.230. The van der Waals surface area contributed by atoms with Gasteiger partial charge in [-0.2, -0.15) is 8.42 Å². The van der Waals surface area contributed by atoms with Gasteiger partial charge in [0.2, 0.25) is 5.91 Å². The third kappa shape index (κ3) is 7.52. The summed E-state index contributed by atoms with van der Waals surface area (Å²) in [4.78, 5) is 34.2. The molecule has 0 fully saturated rings. The Hall–Kier alpha value is -2.26. The first-order valence-corrected chi connectivity index (χ1v) is 8.13. The average molecular weight is 344 g/mol. The Labute approximate surface area is 134 Å². The molecule has 0 rings (SSSR count). The summed E-state index contributed by atoms with van der Waals surface area (Å²) in [5.74, 6) is -1.49. The molecule has 9 heteroatoms. The number of unbranched alkanes of at least 4 members (excludes halogenated alkanes) is 1. The minimum absolute atomic E-state index is 0.107. The molecular formula is C14H20N2O6S. The molecule has 128 valence electrons. The molecule has 4 N–H and O–H groups in total. The molecular weight excluding hydrogens is 324 g/mol. The molecule has 0 bridgehead atoms. The van der Waals surface area contributed by atoms with E-state index in [0.717, 1.165) is 12.2 Å². The fourth-order valence-electron chi connectivity index (χ4n) is 1.51. The highest BCUT2D eigenvalue weighted by molar-refractivity contribution is 8.01. The summed E-state index contributed by atoms with van der Waals surface area (Å²) < 4.78 is 30.9. The van der Waals surface area contributed by atoms with Crippen LogP contribution in [0.1, 0.15) is 26.7 Å². The van der Waals surface area contributed by atoms with Gasteiger partial charge in [0.05, 0.1) is 6.04 Å². The van der Waals surface area contributed by atoms with Gasteiger partial charge in [-0.05, 0) is 19.4 Å². The van der Waals surface area contributed by atoms with Crippen molar-refractivity contribution in [1.29, 1.82) is 0 Å². The Morgan fingerprint density at radius 1 is 1.30 bits per heavy atom. The van der Waals surface area contributed by atoms with Gasteiger partial charge in [0.15, 0.2) is 0 Å². The van der Waals surface area contributed by atoms with E-state index in [1.807, 2.05) is 6.92 Å². The summed E-state index contributed by atoms with van der Waals surface area (Å²) in [5, 5.41) is 0.884. The molecule has 0 radical (unpaired) electrons. The molecule has 2 amide bonds. The van der Waals surface area contributed by atoms with Crippen LogP contribution in [0.25, 0.3) is 0 Å². The van der Waals surface area contributed by atoms with Gasteiger partial charge in [-0.1, -0.05) is 26.0 Å². The normalized spacial score (nSPS) is 13.6. The maximum atomic E-state index is 11.9. The number of carbonyl (C=O) groups excluding carboxylic acids is 3. The maximum Gasteiger partial charge on any atom is 0.333 e. The Balaban J connectivity index is 5.23. The van der Waals surface area contributed by atoms with Crippen LogP contribution in [0.15, 0.2) is 36.0 Å². The van der Waals surface area contributed by atoms with Crippen LogP contribution < -0.4 is 11.1 Å². The lowest BCUT2D eigenvalue weighted by atomic mass is 10.1. The highest BCUT2D eigenvalue weighted by atomic mass is 32.2. The molecule has 1 atom stereocenters. The van der Waals surface area contributed by atoms with Crippen molar-refractivity contribution in [3.8, 4) is 0 Å². The van der Waals surface area contributed by atoms with E-state index in [4.69, 9.17) is 10.3 Å². The number of rotatable bonds is 8. The molecule has 0 aliphatic heterocycles. The minimum atomic E-state index is -4.91. The molecule has 1 unspecified atom stereocenters. The Bertz CT molecular complexity index is 661. The zero-order valence-corrected chi connectivity index (χ0v) is 13.7. The van der Waals surface area contributed by atoms with Gasteiger partial charge in [-0.3, -0.25) is 18.9 Å². The number of hydrogen-bond acceptors (Lipinski definition) is 5. The van der Waals surface area contributed by atoms with Crippen molar-refractivity contribution >= 4 is 27.0 Å². The van der Waals surface area contributed by atoms with Gasteiger partial charge in [0.1, 0.15) is 0 Å². The van der Waals surface area contributed by atoms with Crippen molar-refractivity contribution in [2.45, 2.75) is 32.7 Å². The quantitative estimate of drug-likeness (QED) is 0.327. The predicted molar refractivity (Wildman–Crippen MR) is 84.6 cm³/mol. The first-order chi connectivity index (χ1) is 10.5. The van der Waals surface area contributed by atoms with Crippen LogP contribution in [0.4, 0.5) is 0 Å². The number of allylic oxidation sites excluding steroid dienone is 1. The molecule has 8 nitrogen and oxygen atoms in total. The second-order valence-corrected chi connectivity index (χ2v) is 5.99. The van der Waals surface area contributed by atoms with Gasteiger partial charge in [-0.25, -0.2) is 0 Å². The van der Waals surface area contributed by atoms with E-state index in [9.17, 15) is 22.8 Å². The first kappa shape index (κ1) is 20.7. The number of hydrogen-bond donors (Lipinski definition) is 3. The van der Waals surface area contributed by atoms with Gasteiger partial charge in [-0.15, -0.1) is 0 Å².